The zero-order valence-electron chi connectivity index (χ0n) is 10.4. The van der Waals surface area contributed by atoms with Gasteiger partial charge in [0, 0.05) is 23.1 Å². The van der Waals surface area contributed by atoms with Gasteiger partial charge in [-0.3, -0.25) is 4.79 Å². The second kappa shape index (κ2) is 5.55. The standard InChI is InChI=1S/C14H13N3OS/c1-2-13(18)17-10-5-3-9(4-6-10)12-8-19-14(16)11(12)7-15/h3-6,8H,2,16H2,1H3,(H,17,18). The zero-order chi connectivity index (χ0) is 13.8. The molecule has 96 valence electrons. The SMILES string of the molecule is CCC(=O)Nc1ccc(-c2csc(N)c2C#N)cc1. The van der Waals surface area contributed by atoms with E-state index in [2.05, 4.69) is 11.4 Å². The van der Waals surface area contributed by atoms with Crippen molar-refractivity contribution >= 4 is 27.9 Å². The van der Waals surface area contributed by atoms with Crippen LogP contribution in [0, 0.1) is 11.3 Å². The average molecular weight is 271 g/mol. The van der Waals surface area contributed by atoms with Crippen LogP contribution in [0.3, 0.4) is 0 Å². The molecule has 0 bridgehead atoms. The number of anilines is 2. The number of thiophene rings is 1. The number of hydrogen-bond donors (Lipinski definition) is 2. The summed E-state index contributed by atoms with van der Waals surface area (Å²) in [5, 5.41) is 14.2. The lowest BCUT2D eigenvalue weighted by molar-refractivity contribution is -0.115. The molecule has 0 aliphatic heterocycles. The van der Waals surface area contributed by atoms with E-state index in [9.17, 15) is 4.79 Å². The number of rotatable bonds is 3. The number of nitrogens with two attached hydrogens (primary N) is 1. The normalized spacial score (nSPS) is 9.89. The number of hydrogen-bond acceptors (Lipinski definition) is 4. The van der Waals surface area contributed by atoms with Crippen molar-refractivity contribution in [2.45, 2.75) is 13.3 Å². The lowest BCUT2D eigenvalue weighted by atomic mass is 10.0. The number of benzene rings is 1. The van der Waals surface area contributed by atoms with Crippen LogP contribution >= 0.6 is 11.3 Å². The van der Waals surface area contributed by atoms with Gasteiger partial charge in [0.1, 0.15) is 11.1 Å². The van der Waals surface area contributed by atoms with E-state index in [1.807, 2.05) is 29.6 Å². The Morgan fingerprint density at radius 1 is 1.42 bits per heavy atom. The monoisotopic (exact) mass is 271 g/mol. The molecule has 0 saturated carbocycles. The Kier molecular flexibility index (Phi) is 3.83. The van der Waals surface area contributed by atoms with Crippen LogP contribution in [0.15, 0.2) is 29.6 Å². The van der Waals surface area contributed by atoms with Crippen molar-refractivity contribution in [3.05, 3.63) is 35.2 Å². The van der Waals surface area contributed by atoms with E-state index in [1.54, 1.807) is 6.92 Å². The number of carbonyl (C=O) groups excluding carboxylic acids is 1. The number of nitrogen functional groups attached to an aromatic ring is 1. The van der Waals surface area contributed by atoms with Gasteiger partial charge in [0.05, 0.1) is 5.56 Å². The number of carbonyl (C=O) groups is 1. The molecule has 19 heavy (non-hydrogen) atoms. The fraction of sp³-hybridized carbons (Fsp3) is 0.143. The van der Waals surface area contributed by atoms with E-state index >= 15 is 0 Å². The maximum Gasteiger partial charge on any atom is 0.224 e. The number of nitrogens with one attached hydrogen (secondary N) is 1. The molecule has 0 saturated heterocycles. The minimum Gasteiger partial charge on any atom is -0.389 e. The topological polar surface area (TPSA) is 78.9 Å². The van der Waals surface area contributed by atoms with Crippen LogP contribution in [0.2, 0.25) is 0 Å². The maximum absolute atomic E-state index is 11.3. The summed E-state index contributed by atoms with van der Waals surface area (Å²) in [6, 6.07) is 9.49. The fourth-order valence-corrected chi connectivity index (χ4v) is 2.46. The first-order chi connectivity index (χ1) is 9.15. The molecular formula is C14H13N3OS. The highest BCUT2D eigenvalue weighted by atomic mass is 32.1. The fourth-order valence-electron chi connectivity index (χ4n) is 1.68. The molecule has 0 spiro atoms. The molecule has 0 aliphatic carbocycles. The molecule has 1 amide bonds. The molecule has 4 nitrogen and oxygen atoms in total. The van der Waals surface area contributed by atoms with E-state index in [-0.39, 0.29) is 5.91 Å². The van der Waals surface area contributed by atoms with Gasteiger partial charge in [-0.05, 0) is 17.7 Å². The highest BCUT2D eigenvalue weighted by Crippen LogP contribution is 2.33. The third-order valence-electron chi connectivity index (χ3n) is 2.73. The predicted octanol–water partition coefficient (Wildman–Crippen LogP) is 3.22. The van der Waals surface area contributed by atoms with Crippen LogP contribution in [0.4, 0.5) is 10.7 Å². The molecule has 1 aromatic carbocycles. The van der Waals surface area contributed by atoms with Crippen molar-refractivity contribution < 1.29 is 4.79 Å². The second-order valence-corrected chi connectivity index (χ2v) is 4.89. The smallest absolute Gasteiger partial charge is 0.224 e. The molecule has 2 aromatic rings. The summed E-state index contributed by atoms with van der Waals surface area (Å²) < 4.78 is 0. The van der Waals surface area contributed by atoms with Crippen LogP contribution < -0.4 is 11.1 Å². The van der Waals surface area contributed by atoms with E-state index in [0.29, 0.717) is 17.0 Å². The van der Waals surface area contributed by atoms with Crippen LogP contribution in [-0.2, 0) is 4.79 Å². The Morgan fingerprint density at radius 3 is 2.68 bits per heavy atom. The largest absolute Gasteiger partial charge is 0.389 e. The quantitative estimate of drug-likeness (QED) is 0.899. The van der Waals surface area contributed by atoms with Gasteiger partial charge in [0.15, 0.2) is 0 Å². The minimum absolute atomic E-state index is 0.0229. The average Bonchev–Trinajstić information content (AvgIpc) is 2.80. The van der Waals surface area contributed by atoms with Crippen LogP contribution in [0.5, 0.6) is 0 Å². The van der Waals surface area contributed by atoms with Crippen molar-refractivity contribution in [1.82, 2.24) is 0 Å². The highest BCUT2D eigenvalue weighted by Gasteiger charge is 2.10. The van der Waals surface area contributed by atoms with Crippen molar-refractivity contribution in [3.63, 3.8) is 0 Å². The van der Waals surface area contributed by atoms with Crippen molar-refractivity contribution in [2.75, 3.05) is 11.1 Å². The van der Waals surface area contributed by atoms with Gasteiger partial charge in [-0.1, -0.05) is 19.1 Å². The Bertz CT molecular complexity index is 638. The molecular weight excluding hydrogens is 258 g/mol. The van der Waals surface area contributed by atoms with Gasteiger partial charge in [0.2, 0.25) is 5.91 Å². The summed E-state index contributed by atoms with van der Waals surface area (Å²) >= 11 is 1.35. The Balaban J connectivity index is 2.28. The van der Waals surface area contributed by atoms with E-state index in [1.165, 1.54) is 11.3 Å². The molecule has 0 atom stereocenters. The Morgan fingerprint density at radius 2 is 2.11 bits per heavy atom. The number of nitriles is 1. The van der Waals surface area contributed by atoms with E-state index in [0.717, 1.165) is 16.8 Å². The van der Waals surface area contributed by atoms with Crippen LogP contribution in [-0.4, -0.2) is 5.91 Å². The predicted molar refractivity (Wildman–Crippen MR) is 77.8 cm³/mol. The first kappa shape index (κ1) is 13.1. The Labute approximate surface area is 115 Å². The summed E-state index contributed by atoms with van der Waals surface area (Å²) in [6.45, 7) is 1.80. The Hall–Kier alpha value is -2.32. The summed E-state index contributed by atoms with van der Waals surface area (Å²) in [6.07, 6.45) is 0.446. The van der Waals surface area contributed by atoms with E-state index < -0.39 is 0 Å². The zero-order valence-corrected chi connectivity index (χ0v) is 11.3. The van der Waals surface area contributed by atoms with Gasteiger partial charge in [-0.25, -0.2) is 0 Å². The summed E-state index contributed by atoms with van der Waals surface area (Å²) in [5.74, 6) is -0.0229. The molecule has 0 unspecified atom stereocenters. The van der Waals surface area contributed by atoms with E-state index in [4.69, 9.17) is 11.0 Å². The summed E-state index contributed by atoms with van der Waals surface area (Å²) in [4.78, 5) is 11.3. The molecule has 3 N–H and O–H groups in total. The first-order valence-electron chi connectivity index (χ1n) is 5.83. The van der Waals surface area contributed by atoms with Gasteiger partial charge in [-0.2, -0.15) is 5.26 Å². The van der Waals surface area contributed by atoms with Crippen molar-refractivity contribution in [1.29, 1.82) is 5.26 Å². The van der Waals surface area contributed by atoms with Gasteiger partial charge < -0.3 is 11.1 Å². The van der Waals surface area contributed by atoms with Gasteiger partial charge in [0.25, 0.3) is 0 Å². The third-order valence-corrected chi connectivity index (χ3v) is 3.54. The van der Waals surface area contributed by atoms with Gasteiger partial charge >= 0.3 is 0 Å². The molecule has 0 fully saturated rings. The summed E-state index contributed by atoms with van der Waals surface area (Å²) in [7, 11) is 0. The molecule has 1 aromatic heterocycles. The lowest BCUT2D eigenvalue weighted by Crippen LogP contribution is -2.08. The van der Waals surface area contributed by atoms with Crippen molar-refractivity contribution in [2.24, 2.45) is 0 Å². The van der Waals surface area contributed by atoms with Crippen LogP contribution in [0.1, 0.15) is 18.9 Å². The molecule has 2 rings (SSSR count). The molecule has 0 radical (unpaired) electrons. The number of amides is 1. The van der Waals surface area contributed by atoms with Crippen LogP contribution in [0.25, 0.3) is 11.1 Å². The summed E-state index contributed by atoms with van der Waals surface area (Å²) in [5.41, 5.74) is 8.75. The lowest BCUT2D eigenvalue weighted by Gasteiger charge is -2.05. The second-order valence-electron chi connectivity index (χ2n) is 3.98. The molecule has 0 aliphatic rings. The highest BCUT2D eigenvalue weighted by molar-refractivity contribution is 7.14. The van der Waals surface area contributed by atoms with Crippen molar-refractivity contribution in [3.8, 4) is 17.2 Å². The number of nitrogens with zero attached hydrogens (tertiary/aromatic N) is 1. The molecule has 1 heterocycles. The maximum atomic E-state index is 11.3. The third kappa shape index (κ3) is 2.75. The minimum atomic E-state index is -0.0229. The molecule has 5 heteroatoms. The van der Waals surface area contributed by atoms with Gasteiger partial charge in [-0.15, -0.1) is 11.3 Å². The first-order valence-corrected chi connectivity index (χ1v) is 6.71.